The average Bonchev–Trinajstić information content (AvgIpc) is 3.06. The Hall–Kier alpha value is -3.12. The minimum absolute atomic E-state index is 0.0784. The number of carbonyl (C=O) groups is 2. The average molecular weight is 697 g/mol. The summed E-state index contributed by atoms with van der Waals surface area (Å²) in [6, 6.07) is 11.4. The number of benzene rings is 2. The van der Waals surface area contributed by atoms with E-state index in [0.717, 1.165) is 49.4 Å². The van der Waals surface area contributed by atoms with Crippen LogP contribution in [0, 0.1) is 17.8 Å². The Morgan fingerprint density at radius 2 is 1.94 bits per heavy atom. The zero-order valence-electron chi connectivity index (χ0n) is 28.0. The second-order valence-electron chi connectivity index (χ2n) is 13.6. The number of hydrogen-bond acceptors (Lipinski definition) is 8. The van der Waals surface area contributed by atoms with Gasteiger partial charge in [0.1, 0.15) is 5.75 Å². The third kappa shape index (κ3) is 7.85. The van der Waals surface area contributed by atoms with Gasteiger partial charge in [0.25, 0.3) is 5.91 Å². The van der Waals surface area contributed by atoms with E-state index in [1.807, 2.05) is 32.2 Å². The van der Waals surface area contributed by atoms with E-state index in [9.17, 15) is 13.8 Å². The molecule has 3 aliphatic heterocycles. The largest absolute Gasteiger partial charge is 0.491 e. The molecule has 10 nitrogen and oxygen atoms in total. The predicted octanol–water partition coefficient (Wildman–Crippen LogP) is 5.93. The number of amides is 3. The molecular formula is C36H47ClN5O5S-. The van der Waals surface area contributed by atoms with E-state index in [1.54, 1.807) is 18.1 Å². The van der Waals surface area contributed by atoms with Crippen molar-refractivity contribution < 1.29 is 23.3 Å². The summed E-state index contributed by atoms with van der Waals surface area (Å²) in [5.74, 6) is 0.541. The highest BCUT2D eigenvalue weighted by Crippen LogP contribution is 2.42. The predicted molar refractivity (Wildman–Crippen MR) is 189 cm³/mol. The molecule has 2 N–H and O–H groups in total. The second kappa shape index (κ2) is 15.6. The number of urea groups is 1. The Kier molecular flexibility index (Phi) is 11.3. The number of ether oxygens (including phenoxy) is 2. The number of methoxy groups -OCH3 is 1. The van der Waals surface area contributed by atoms with E-state index >= 15 is 0 Å². The standard InChI is InChI=1S/C36H47ClN5O5S/c1-23-7-6-9-32(46-3)30-14-11-27(30)20-41-19-26-10-13-28(37)17-24(26)8-4-5-16-47-33-15-12-25(18-31(33)41)34(43)40-48(45)35(23)39-36(44)42-21-29(22-42)38-2/h6,9-10,12-13,15,17-18,23,27,29-30,32,35,38H,4-5,7-8,11,14,16,19-22H2,1-3H3,(H,39,44)/q-1. The number of rotatable bonds is 3. The van der Waals surface area contributed by atoms with Crippen molar-refractivity contribution in [1.82, 2.24) is 15.5 Å². The van der Waals surface area contributed by atoms with Crippen molar-refractivity contribution in [2.24, 2.45) is 22.1 Å². The Morgan fingerprint density at radius 1 is 1.10 bits per heavy atom. The van der Waals surface area contributed by atoms with E-state index in [-0.39, 0.29) is 24.1 Å². The highest BCUT2D eigenvalue weighted by Gasteiger charge is 2.38. The minimum Gasteiger partial charge on any atom is -0.491 e. The number of halogens is 1. The van der Waals surface area contributed by atoms with Crippen molar-refractivity contribution in [3.63, 3.8) is 0 Å². The smallest absolute Gasteiger partial charge is 0.316 e. The number of allylic oxidation sites excluding steroid dienone is 1. The van der Waals surface area contributed by atoms with Crippen molar-refractivity contribution in [3.05, 3.63) is 70.3 Å². The van der Waals surface area contributed by atoms with Crippen LogP contribution in [0.1, 0.15) is 60.5 Å². The van der Waals surface area contributed by atoms with Gasteiger partial charge < -0.3 is 38.5 Å². The van der Waals surface area contributed by atoms with Gasteiger partial charge in [-0.25, -0.2) is 4.79 Å². The zero-order chi connectivity index (χ0) is 33.8. The number of hydrogen-bond donors (Lipinski definition) is 2. The minimum atomic E-state index is -2.03. The fourth-order valence-electron chi connectivity index (χ4n) is 7.16. The SMILES string of the molecule is CNC1CN(C(=O)NC2C(C)CC=CC(OC)C3CCC3CN3Cc4ccc(Cl)cc4CCCCOc4ccc(cc43)C(=O)N=[S-]2=O)C1. The number of likely N-dealkylation sites (tertiary alicyclic amines) is 1. The summed E-state index contributed by atoms with van der Waals surface area (Å²) < 4.78 is 30.4. The van der Waals surface area contributed by atoms with Crippen molar-refractivity contribution in [3.8, 4) is 5.75 Å². The molecule has 0 radical (unpaired) electrons. The molecule has 0 spiro atoms. The number of nitrogens with one attached hydrogen (secondary N) is 2. The first-order valence-corrected chi connectivity index (χ1v) is 18.7. The van der Waals surface area contributed by atoms with Crippen LogP contribution >= 0.6 is 11.6 Å². The lowest BCUT2D eigenvalue weighted by Gasteiger charge is -2.43. The first kappa shape index (κ1) is 34.7. The molecule has 2 aromatic rings. The van der Waals surface area contributed by atoms with Gasteiger partial charge in [-0.3, -0.25) is 4.79 Å². The van der Waals surface area contributed by atoms with E-state index in [2.05, 4.69) is 44.2 Å². The Balaban J connectivity index is 1.39. The van der Waals surface area contributed by atoms with Gasteiger partial charge in [0.15, 0.2) is 0 Å². The first-order chi connectivity index (χ1) is 23.2. The molecule has 4 aliphatic rings. The Bertz CT molecular complexity index is 1610. The van der Waals surface area contributed by atoms with Crippen LogP contribution < -0.4 is 20.3 Å². The third-order valence-corrected chi connectivity index (χ3v) is 12.0. The molecule has 3 heterocycles. The van der Waals surface area contributed by atoms with E-state index in [1.165, 1.54) is 11.1 Å². The lowest BCUT2D eigenvalue weighted by molar-refractivity contribution is 0.0133. The fourth-order valence-corrected chi connectivity index (χ4v) is 8.45. The molecule has 5 atom stereocenters. The molecule has 2 aromatic carbocycles. The van der Waals surface area contributed by atoms with Crippen molar-refractivity contribution in [1.29, 1.82) is 0 Å². The topological polar surface area (TPSA) is 113 Å². The Labute approximate surface area is 290 Å². The normalized spacial score (nSPS) is 27.2. The van der Waals surface area contributed by atoms with Crippen LogP contribution in [0.5, 0.6) is 5.75 Å². The summed E-state index contributed by atoms with van der Waals surface area (Å²) in [5.41, 5.74) is 3.55. The monoisotopic (exact) mass is 696 g/mol. The number of carbonyl (C=O) groups excluding carboxylic acids is 2. The fraction of sp³-hybridized carbons (Fsp3) is 0.556. The molecule has 0 aromatic heterocycles. The first-order valence-electron chi connectivity index (χ1n) is 17.1. The summed E-state index contributed by atoms with van der Waals surface area (Å²) in [4.78, 5) is 30.8. The number of likely N-dealkylation sites (N-methyl/N-ethyl adjacent to an activating group) is 1. The van der Waals surface area contributed by atoms with Crippen LogP contribution in [0.4, 0.5) is 10.5 Å². The van der Waals surface area contributed by atoms with Crippen molar-refractivity contribution in [2.45, 2.75) is 69.5 Å². The van der Waals surface area contributed by atoms with Gasteiger partial charge in [-0.15, -0.1) is 0 Å². The quantitative estimate of drug-likeness (QED) is 0.303. The Morgan fingerprint density at radius 3 is 2.69 bits per heavy atom. The van der Waals surface area contributed by atoms with Crippen LogP contribution in [0.25, 0.3) is 0 Å². The molecule has 1 saturated carbocycles. The molecule has 2 bridgehead atoms. The van der Waals surface area contributed by atoms with Crippen molar-refractivity contribution in [2.75, 3.05) is 45.3 Å². The summed E-state index contributed by atoms with van der Waals surface area (Å²) in [5, 5.41) is 5.97. The van der Waals surface area contributed by atoms with Crippen LogP contribution in [-0.4, -0.2) is 74.8 Å². The molecule has 3 amide bonds. The maximum absolute atomic E-state index is 13.8. The van der Waals surface area contributed by atoms with E-state index in [4.69, 9.17) is 21.1 Å². The maximum atomic E-state index is 13.8. The van der Waals surface area contributed by atoms with Gasteiger partial charge in [0, 0.05) is 49.9 Å². The molecule has 2 fully saturated rings. The van der Waals surface area contributed by atoms with Gasteiger partial charge >= 0.3 is 6.03 Å². The summed E-state index contributed by atoms with van der Waals surface area (Å²) >= 11 is 6.45. The molecule has 1 saturated heterocycles. The van der Waals surface area contributed by atoms with Gasteiger partial charge in [0.2, 0.25) is 0 Å². The second-order valence-corrected chi connectivity index (χ2v) is 15.2. The summed E-state index contributed by atoms with van der Waals surface area (Å²) in [6.45, 7) is 4.98. The zero-order valence-corrected chi connectivity index (χ0v) is 29.6. The lowest BCUT2D eigenvalue weighted by atomic mass is 9.70. The molecular weight excluding hydrogens is 650 g/mol. The summed E-state index contributed by atoms with van der Waals surface area (Å²) in [7, 11) is 1.59. The number of anilines is 1. The molecule has 12 heteroatoms. The number of nitrogens with zero attached hydrogens (tertiary/aromatic N) is 3. The molecule has 48 heavy (non-hydrogen) atoms. The van der Waals surface area contributed by atoms with Gasteiger partial charge in [-0.1, -0.05) is 36.7 Å². The van der Waals surface area contributed by atoms with Gasteiger partial charge in [-0.05, 0) is 110 Å². The van der Waals surface area contributed by atoms with Gasteiger partial charge in [0.05, 0.1) is 18.4 Å². The van der Waals surface area contributed by atoms with Crippen LogP contribution in [0.15, 0.2) is 52.9 Å². The molecule has 6 rings (SSSR count). The highest BCUT2D eigenvalue weighted by atomic mass is 35.5. The van der Waals surface area contributed by atoms with E-state index in [0.29, 0.717) is 55.8 Å². The lowest BCUT2D eigenvalue weighted by Crippen LogP contribution is -2.62. The van der Waals surface area contributed by atoms with Crippen molar-refractivity contribution >= 4 is 39.8 Å². The maximum Gasteiger partial charge on any atom is 0.316 e. The van der Waals surface area contributed by atoms with E-state index < -0.39 is 21.9 Å². The number of fused-ring (bicyclic) bond motifs is 3. The molecule has 1 aliphatic carbocycles. The highest BCUT2D eigenvalue weighted by molar-refractivity contribution is 7.75. The molecule has 5 unspecified atom stereocenters. The van der Waals surface area contributed by atoms with Gasteiger partial charge in [-0.2, -0.15) is 10.6 Å². The van der Waals surface area contributed by atoms with Crippen LogP contribution in [0.2, 0.25) is 5.02 Å². The van der Waals surface area contributed by atoms with Crippen LogP contribution in [0.3, 0.4) is 0 Å². The van der Waals surface area contributed by atoms with Crippen LogP contribution in [-0.2, 0) is 32.5 Å². The molecule has 260 valence electrons. The summed E-state index contributed by atoms with van der Waals surface area (Å²) in [6.07, 6.45) is 9.51. The third-order valence-electron chi connectivity index (χ3n) is 10.4. The number of aryl methyl sites for hydroxylation is 1.